The Morgan fingerprint density at radius 1 is 1.09 bits per heavy atom. The maximum absolute atomic E-state index is 13.0. The van der Waals surface area contributed by atoms with Crippen LogP contribution in [0.5, 0.6) is 0 Å². The van der Waals surface area contributed by atoms with Crippen molar-refractivity contribution in [1.82, 2.24) is 4.31 Å². The van der Waals surface area contributed by atoms with Crippen LogP contribution in [0, 0.1) is 0 Å². The number of sulfonamides is 1. The molecular weight excluding hydrogens is 512 g/mol. The normalized spacial score (nSPS) is 15.2. The van der Waals surface area contributed by atoms with Gasteiger partial charge in [-0.2, -0.15) is 4.31 Å². The van der Waals surface area contributed by atoms with E-state index in [4.69, 9.17) is 9.47 Å². The van der Waals surface area contributed by atoms with Gasteiger partial charge in [0.25, 0.3) is 5.91 Å². The van der Waals surface area contributed by atoms with Crippen LogP contribution < -0.4 is 5.32 Å². The third-order valence-electron chi connectivity index (χ3n) is 5.12. The molecule has 0 saturated carbocycles. The minimum absolute atomic E-state index is 0.00312. The summed E-state index contributed by atoms with van der Waals surface area (Å²) in [7, 11) is -3.82. The number of benzene rings is 2. The fraction of sp³-hybridized carbons (Fsp3) is 0.391. The lowest BCUT2D eigenvalue weighted by atomic mass is 9.87. The Labute approximate surface area is 202 Å². The third-order valence-corrected chi connectivity index (χ3v) is 8.02. The van der Waals surface area contributed by atoms with Gasteiger partial charge in [-0.1, -0.05) is 32.9 Å². The van der Waals surface area contributed by atoms with Crippen LogP contribution in [0.25, 0.3) is 0 Å². The van der Waals surface area contributed by atoms with E-state index in [0.29, 0.717) is 23.4 Å². The molecule has 10 heteroatoms. The van der Waals surface area contributed by atoms with Gasteiger partial charge in [0.1, 0.15) is 0 Å². The Morgan fingerprint density at radius 2 is 1.73 bits per heavy atom. The zero-order chi connectivity index (χ0) is 24.2. The van der Waals surface area contributed by atoms with Crippen molar-refractivity contribution >= 4 is 43.5 Å². The first-order chi connectivity index (χ1) is 15.5. The molecule has 0 atom stereocenters. The molecule has 1 saturated heterocycles. The van der Waals surface area contributed by atoms with Gasteiger partial charge < -0.3 is 14.8 Å². The van der Waals surface area contributed by atoms with E-state index in [-0.39, 0.29) is 29.0 Å². The van der Waals surface area contributed by atoms with Gasteiger partial charge >= 0.3 is 5.97 Å². The topological polar surface area (TPSA) is 102 Å². The quantitative estimate of drug-likeness (QED) is 0.564. The van der Waals surface area contributed by atoms with Crippen molar-refractivity contribution in [3.63, 3.8) is 0 Å². The van der Waals surface area contributed by atoms with E-state index >= 15 is 0 Å². The summed E-state index contributed by atoms with van der Waals surface area (Å²) in [5.41, 5.74) is 1.75. The molecule has 1 fully saturated rings. The number of nitrogens with zero attached hydrogens (tertiary/aromatic N) is 1. The third kappa shape index (κ3) is 6.41. The molecule has 1 amide bonds. The van der Waals surface area contributed by atoms with Crippen LogP contribution in [-0.2, 0) is 29.7 Å². The number of esters is 1. The van der Waals surface area contributed by atoms with E-state index < -0.39 is 28.5 Å². The highest BCUT2D eigenvalue weighted by molar-refractivity contribution is 9.10. The van der Waals surface area contributed by atoms with E-state index in [1.807, 2.05) is 12.1 Å². The van der Waals surface area contributed by atoms with Gasteiger partial charge in [-0.15, -0.1) is 0 Å². The highest BCUT2D eigenvalue weighted by Gasteiger charge is 2.29. The van der Waals surface area contributed by atoms with Gasteiger partial charge in [-0.25, -0.2) is 13.2 Å². The number of carbonyl (C=O) groups is 2. The second-order valence-corrected chi connectivity index (χ2v) is 11.4. The smallest absolute Gasteiger partial charge is 0.338 e. The Morgan fingerprint density at radius 3 is 2.33 bits per heavy atom. The SMILES string of the molecule is CC(C)(C)c1ccc(NC(=O)COC(=O)c2ccc(Br)c(S(=O)(=O)N3CCOCC3)c2)cc1. The lowest BCUT2D eigenvalue weighted by molar-refractivity contribution is -0.119. The first-order valence-electron chi connectivity index (χ1n) is 10.4. The van der Waals surface area contributed by atoms with Crippen LogP contribution in [0.15, 0.2) is 51.8 Å². The van der Waals surface area contributed by atoms with Crippen molar-refractivity contribution in [2.24, 2.45) is 0 Å². The van der Waals surface area contributed by atoms with Crippen molar-refractivity contribution in [1.29, 1.82) is 0 Å². The molecule has 3 rings (SSSR count). The molecule has 2 aromatic rings. The summed E-state index contributed by atoms with van der Waals surface area (Å²) in [4.78, 5) is 24.6. The number of hydrogen-bond acceptors (Lipinski definition) is 6. The summed E-state index contributed by atoms with van der Waals surface area (Å²) in [6.07, 6.45) is 0. The number of amides is 1. The van der Waals surface area contributed by atoms with Gasteiger partial charge in [0, 0.05) is 23.2 Å². The minimum Gasteiger partial charge on any atom is -0.452 e. The molecule has 8 nitrogen and oxygen atoms in total. The number of carbonyl (C=O) groups excluding carboxylic acids is 2. The van der Waals surface area contributed by atoms with Crippen molar-refractivity contribution in [3.05, 3.63) is 58.1 Å². The van der Waals surface area contributed by atoms with Crippen LogP contribution in [0.3, 0.4) is 0 Å². The average molecular weight is 539 g/mol. The molecule has 1 aliphatic rings. The standard InChI is InChI=1S/C23H27BrN2O6S/c1-23(2,3)17-5-7-18(8-6-17)25-21(27)15-32-22(28)16-4-9-19(24)20(14-16)33(29,30)26-10-12-31-13-11-26/h4-9,14H,10-13,15H2,1-3H3,(H,25,27). The van der Waals surface area contributed by atoms with Crippen LogP contribution in [0.2, 0.25) is 0 Å². The number of halogens is 1. The predicted molar refractivity (Wildman–Crippen MR) is 128 cm³/mol. The molecule has 1 heterocycles. The molecule has 0 radical (unpaired) electrons. The van der Waals surface area contributed by atoms with Gasteiger partial charge in [-0.3, -0.25) is 4.79 Å². The maximum atomic E-state index is 13.0. The number of anilines is 1. The highest BCUT2D eigenvalue weighted by atomic mass is 79.9. The molecule has 33 heavy (non-hydrogen) atoms. The largest absolute Gasteiger partial charge is 0.452 e. The second-order valence-electron chi connectivity index (χ2n) is 8.61. The summed E-state index contributed by atoms with van der Waals surface area (Å²) in [5, 5.41) is 2.68. The summed E-state index contributed by atoms with van der Waals surface area (Å²) < 4.78 is 37.9. The molecule has 2 aromatic carbocycles. The number of hydrogen-bond donors (Lipinski definition) is 1. The van der Waals surface area contributed by atoms with E-state index in [1.54, 1.807) is 12.1 Å². The summed E-state index contributed by atoms with van der Waals surface area (Å²) in [6.45, 7) is 6.89. The molecule has 1 N–H and O–H groups in total. The Bertz CT molecular complexity index is 1120. The van der Waals surface area contributed by atoms with E-state index in [2.05, 4.69) is 42.0 Å². The van der Waals surface area contributed by atoms with E-state index in [1.165, 1.54) is 22.5 Å². The van der Waals surface area contributed by atoms with Crippen molar-refractivity contribution in [2.45, 2.75) is 31.1 Å². The monoisotopic (exact) mass is 538 g/mol. The van der Waals surface area contributed by atoms with Crippen molar-refractivity contribution in [3.8, 4) is 0 Å². The van der Waals surface area contributed by atoms with Crippen molar-refractivity contribution in [2.75, 3.05) is 38.2 Å². The van der Waals surface area contributed by atoms with Gasteiger partial charge in [0.15, 0.2) is 6.61 Å². The van der Waals surface area contributed by atoms with Gasteiger partial charge in [0.2, 0.25) is 10.0 Å². The molecule has 0 spiro atoms. The first-order valence-corrected chi connectivity index (χ1v) is 12.7. The molecule has 0 bridgehead atoms. The molecular formula is C23H27BrN2O6S. The number of rotatable bonds is 6. The van der Waals surface area contributed by atoms with E-state index in [0.717, 1.165) is 5.56 Å². The highest BCUT2D eigenvalue weighted by Crippen LogP contribution is 2.27. The summed E-state index contributed by atoms with van der Waals surface area (Å²) >= 11 is 3.25. The second kappa shape index (κ2) is 10.3. The first kappa shape index (κ1) is 25.4. The molecule has 1 aliphatic heterocycles. The van der Waals surface area contributed by atoms with Gasteiger partial charge in [-0.05, 0) is 57.2 Å². The Hall–Kier alpha value is -2.27. The minimum atomic E-state index is -3.82. The fourth-order valence-electron chi connectivity index (χ4n) is 3.22. The molecule has 0 unspecified atom stereocenters. The fourth-order valence-corrected chi connectivity index (χ4v) is 5.58. The van der Waals surface area contributed by atoms with Gasteiger partial charge in [0.05, 0.1) is 23.7 Å². The average Bonchev–Trinajstić information content (AvgIpc) is 2.78. The Kier molecular flexibility index (Phi) is 7.94. The zero-order valence-corrected chi connectivity index (χ0v) is 21.2. The maximum Gasteiger partial charge on any atom is 0.338 e. The summed E-state index contributed by atoms with van der Waals surface area (Å²) in [6, 6.07) is 11.6. The summed E-state index contributed by atoms with van der Waals surface area (Å²) in [5.74, 6) is -1.29. The number of ether oxygens (including phenoxy) is 2. The van der Waals surface area contributed by atoms with Crippen LogP contribution >= 0.6 is 15.9 Å². The van der Waals surface area contributed by atoms with Crippen molar-refractivity contribution < 1.29 is 27.5 Å². The predicted octanol–water partition coefficient (Wildman–Crippen LogP) is 3.56. The van der Waals surface area contributed by atoms with Crippen LogP contribution in [0.4, 0.5) is 5.69 Å². The zero-order valence-electron chi connectivity index (χ0n) is 18.8. The molecule has 0 aliphatic carbocycles. The number of nitrogens with one attached hydrogen (secondary N) is 1. The van der Waals surface area contributed by atoms with Crippen LogP contribution in [-0.4, -0.2) is 57.5 Å². The molecule has 178 valence electrons. The lowest BCUT2D eigenvalue weighted by Gasteiger charge is -2.26. The number of morpholine rings is 1. The Balaban J connectivity index is 1.63. The van der Waals surface area contributed by atoms with Crippen LogP contribution in [0.1, 0.15) is 36.7 Å². The van der Waals surface area contributed by atoms with E-state index in [9.17, 15) is 18.0 Å². The molecule has 0 aromatic heterocycles. The lowest BCUT2D eigenvalue weighted by Crippen LogP contribution is -2.40.